The van der Waals surface area contributed by atoms with Crippen molar-refractivity contribution in [3.05, 3.63) is 59.6 Å². The third-order valence-electron chi connectivity index (χ3n) is 3.96. The molecule has 7 N–H and O–H groups in total. The number of benzene rings is 1. The van der Waals surface area contributed by atoms with E-state index in [9.17, 15) is 0 Å². The Balaban J connectivity index is 1.89. The van der Waals surface area contributed by atoms with Crippen LogP contribution in [0.15, 0.2) is 69.6 Å². The fourth-order valence-electron chi connectivity index (χ4n) is 2.48. The molecule has 6 nitrogen and oxygen atoms in total. The van der Waals surface area contributed by atoms with Crippen LogP contribution < -0.4 is 22.5 Å². The van der Waals surface area contributed by atoms with Crippen molar-refractivity contribution in [3.63, 3.8) is 0 Å². The molecule has 24 heavy (non-hydrogen) atoms. The normalized spacial score (nSPS) is 22.4. The summed E-state index contributed by atoms with van der Waals surface area (Å²) in [6, 6.07) is 7.33. The van der Waals surface area contributed by atoms with Gasteiger partial charge in [0.05, 0.1) is 11.4 Å². The Hall–Kier alpha value is -3.02. The topological polar surface area (TPSA) is 115 Å². The minimum absolute atomic E-state index is 0.0580. The molecule has 1 heterocycles. The monoisotopic (exact) mass is 322 g/mol. The number of nitrogens with one attached hydrogen (secondary N) is 1. The van der Waals surface area contributed by atoms with Crippen LogP contribution in [0.25, 0.3) is 0 Å². The first-order chi connectivity index (χ1) is 11.5. The molecule has 0 radical (unpaired) electrons. The minimum atomic E-state index is 0.0580. The van der Waals surface area contributed by atoms with E-state index in [1.54, 1.807) is 0 Å². The zero-order valence-corrected chi connectivity index (χ0v) is 13.7. The number of aliphatic imine (C=N–C) groups is 2. The van der Waals surface area contributed by atoms with Gasteiger partial charge in [-0.1, -0.05) is 6.92 Å². The molecule has 1 aromatic rings. The third-order valence-corrected chi connectivity index (χ3v) is 3.96. The van der Waals surface area contributed by atoms with Gasteiger partial charge in [0.15, 0.2) is 5.84 Å². The van der Waals surface area contributed by atoms with Crippen molar-refractivity contribution >= 4 is 23.0 Å². The van der Waals surface area contributed by atoms with Crippen molar-refractivity contribution in [2.24, 2.45) is 27.4 Å². The molecule has 3 rings (SSSR count). The molecule has 1 aliphatic heterocycles. The van der Waals surface area contributed by atoms with Crippen LogP contribution in [0.4, 0.5) is 11.4 Å². The average Bonchev–Trinajstić information content (AvgIpc) is 2.56. The largest absolute Gasteiger partial charge is 0.402 e. The van der Waals surface area contributed by atoms with Crippen LogP contribution in [0, 0.1) is 5.92 Å². The van der Waals surface area contributed by atoms with Gasteiger partial charge in [-0.3, -0.25) is 0 Å². The Labute approximate surface area is 141 Å². The molecule has 0 amide bonds. The van der Waals surface area contributed by atoms with E-state index in [0.29, 0.717) is 17.4 Å². The number of nitrogens with two attached hydrogens (primary N) is 3. The van der Waals surface area contributed by atoms with Gasteiger partial charge in [0.2, 0.25) is 0 Å². The lowest BCUT2D eigenvalue weighted by atomic mass is 10.0. The highest BCUT2D eigenvalue weighted by Gasteiger charge is 2.19. The van der Waals surface area contributed by atoms with Gasteiger partial charge in [0.25, 0.3) is 0 Å². The summed E-state index contributed by atoms with van der Waals surface area (Å²) in [7, 11) is 0. The maximum atomic E-state index is 6.00. The van der Waals surface area contributed by atoms with Crippen molar-refractivity contribution in [1.29, 1.82) is 0 Å². The summed E-state index contributed by atoms with van der Waals surface area (Å²) in [5, 5.41) is 3.42. The quantitative estimate of drug-likeness (QED) is 0.639. The predicted octanol–water partition coefficient (Wildman–Crippen LogP) is 2.30. The summed E-state index contributed by atoms with van der Waals surface area (Å²) in [6.45, 7) is 2.01. The lowest BCUT2D eigenvalue weighted by Gasteiger charge is -2.21. The summed E-state index contributed by atoms with van der Waals surface area (Å²) < 4.78 is 0. The summed E-state index contributed by atoms with van der Waals surface area (Å²) >= 11 is 0. The maximum absolute atomic E-state index is 6.00. The summed E-state index contributed by atoms with van der Waals surface area (Å²) in [5.41, 5.74) is 21.8. The van der Waals surface area contributed by atoms with Crippen LogP contribution in [0.5, 0.6) is 0 Å². The van der Waals surface area contributed by atoms with Gasteiger partial charge in [-0.25, -0.2) is 9.98 Å². The minimum Gasteiger partial charge on any atom is -0.402 e. The first kappa shape index (κ1) is 15.9. The van der Waals surface area contributed by atoms with Crippen molar-refractivity contribution < 1.29 is 0 Å². The number of rotatable bonds is 3. The number of dihydropyridines is 1. The van der Waals surface area contributed by atoms with E-state index in [2.05, 4.69) is 15.3 Å². The van der Waals surface area contributed by atoms with E-state index in [-0.39, 0.29) is 5.92 Å². The van der Waals surface area contributed by atoms with Crippen molar-refractivity contribution in [2.75, 3.05) is 5.73 Å². The van der Waals surface area contributed by atoms with E-state index >= 15 is 0 Å². The summed E-state index contributed by atoms with van der Waals surface area (Å²) in [4.78, 5) is 9.06. The average molecular weight is 322 g/mol. The molecule has 124 valence electrons. The molecule has 0 saturated carbocycles. The fourth-order valence-corrected chi connectivity index (χ4v) is 2.48. The molecule has 1 atom stereocenters. The fraction of sp³-hybridized carbons (Fsp3) is 0.222. The number of anilines is 1. The zero-order chi connectivity index (χ0) is 17.1. The second-order valence-corrected chi connectivity index (χ2v) is 5.99. The molecule has 0 aromatic heterocycles. The number of allylic oxidation sites excluding steroid dienone is 4. The maximum Gasteiger partial charge on any atom is 0.177 e. The molecule has 0 bridgehead atoms. The number of nitrogen functional groups attached to an aromatic ring is 1. The van der Waals surface area contributed by atoms with E-state index in [1.807, 2.05) is 49.4 Å². The van der Waals surface area contributed by atoms with Crippen LogP contribution in [-0.2, 0) is 0 Å². The number of amidine groups is 2. The molecule has 0 fully saturated rings. The lowest BCUT2D eigenvalue weighted by molar-refractivity contribution is 0.807. The van der Waals surface area contributed by atoms with Crippen LogP contribution in [0.2, 0.25) is 0 Å². The molecule has 6 heteroatoms. The van der Waals surface area contributed by atoms with Gasteiger partial charge in [-0.05, 0) is 55.3 Å². The Morgan fingerprint density at radius 3 is 2.50 bits per heavy atom. The van der Waals surface area contributed by atoms with E-state index in [0.717, 1.165) is 35.6 Å². The standard InChI is InChI=1S/C18H22N6/c1-11-10-16(22-14-6-2-12(19)3-7-14)18(24-17(11)21)23-15-8-4-13(20)5-9-15/h2,4-6,8-11,22H,3,7,19-20H2,1H3,(H2,21,23,24). The molecule has 2 aliphatic rings. The number of hydrogen-bond acceptors (Lipinski definition) is 5. The van der Waals surface area contributed by atoms with Crippen molar-refractivity contribution in [1.82, 2.24) is 5.32 Å². The SMILES string of the molecule is CC1C=C(NC2=CC=C(N)CC2)C(=Nc2ccc(N)cc2)N=C1N. The highest BCUT2D eigenvalue weighted by atomic mass is 15.1. The van der Waals surface area contributed by atoms with Gasteiger partial charge in [0.1, 0.15) is 5.84 Å². The predicted molar refractivity (Wildman–Crippen MR) is 99.5 cm³/mol. The van der Waals surface area contributed by atoms with Crippen molar-refractivity contribution in [2.45, 2.75) is 19.8 Å². The summed E-state index contributed by atoms with van der Waals surface area (Å²) in [6.07, 6.45) is 7.67. The van der Waals surface area contributed by atoms with Crippen LogP contribution >= 0.6 is 0 Å². The van der Waals surface area contributed by atoms with E-state index in [1.165, 1.54) is 0 Å². The van der Waals surface area contributed by atoms with Gasteiger partial charge < -0.3 is 22.5 Å². The second kappa shape index (κ2) is 6.62. The number of hydrogen-bond donors (Lipinski definition) is 4. The number of nitrogens with zero attached hydrogens (tertiary/aromatic N) is 2. The Bertz CT molecular complexity index is 780. The molecule has 0 spiro atoms. The molecular formula is C18H22N6. The highest BCUT2D eigenvalue weighted by Crippen LogP contribution is 2.21. The van der Waals surface area contributed by atoms with Crippen LogP contribution in [0.1, 0.15) is 19.8 Å². The summed E-state index contributed by atoms with van der Waals surface area (Å²) in [5.74, 6) is 1.18. The molecule has 1 aliphatic carbocycles. The second-order valence-electron chi connectivity index (χ2n) is 5.99. The highest BCUT2D eigenvalue weighted by molar-refractivity contribution is 6.10. The Morgan fingerprint density at radius 1 is 1.08 bits per heavy atom. The first-order valence-corrected chi connectivity index (χ1v) is 7.94. The van der Waals surface area contributed by atoms with Crippen molar-refractivity contribution in [3.8, 4) is 0 Å². The van der Waals surface area contributed by atoms with E-state index in [4.69, 9.17) is 17.2 Å². The lowest BCUT2D eigenvalue weighted by Crippen LogP contribution is -2.31. The Kier molecular flexibility index (Phi) is 4.37. The van der Waals surface area contributed by atoms with E-state index < -0.39 is 0 Å². The van der Waals surface area contributed by atoms with Gasteiger partial charge in [-0.15, -0.1) is 0 Å². The molecule has 0 saturated heterocycles. The van der Waals surface area contributed by atoms with Gasteiger partial charge in [-0.2, -0.15) is 0 Å². The smallest absolute Gasteiger partial charge is 0.177 e. The molecule has 1 unspecified atom stereocenters. The zero-order valence-electron chi connectivity index (χ0n) is 13.7. The van der Waals surface area contributed by atoms with Crippen LogP contribution in [0.3, 0.4) is 0 Å². The third kappa shape index (κ3) is 3.65. The van der Waals surface area contributed by atoms with Gasteiger partial charge >= 0.3 is 0 Å². The van der Waals surface area contributed by atoms with Crippen LogP contribution in [-0.4, -0.2) is 11.7 Å². The Morgan fingerprint density at radius 2 is 1.83 bits per heavy atom. The molecular weight excluding hydrogens is 300 g/mol. The first-order valence-electron chi connectivity index (χ1n) is 7.94. The molecule has 1 aromatic carbocycles. The van der Waals surface area contributed by atoms with Gasteiger partial charge in [0, 0.05) is 23.0 Å².